The van der Waals surface area contributed by atoms with Crippen LogP contribution >= 0.6 is 0 Å². The van der Waals surface area contributed by atoms with Crippen molar-refractivity contribution in [2.75, 3.05) is 28.3 Å². The number of nitrogens with zero attached hydrogens (tertiary/aromatic N) is 2. The molecule has 180 valence electrons. The molecule has 2 aromatic rings. The van der Waals surface area contributed by atoms with Gasteiger partial charge >= 0.3 is 0 Å². The maximum Gasteiger partial charge on any atom is 0.238 e. The van der Waals surface area contributed by atoms with Crippen LogP contribution in [0, 0.1) is 5.92 Å². The number of carbonyl (C=O) groups is 3. The van der Waals surface area contributed by atoms with Gasteiger partial charge in [-0.2, -0.15) is 0 Å². The van der Waals surface area contributed by atoms with Crippen molar-refractivity contribution in [3.63, 3.8) is 0 Å². The van der Waals surface area contributed by atoms with Gasteiger partial charge in [0.2, 0.25) is 11.8 Å². The standard InChI is InChI=1S/C25H36N4O4/c1-15(2)11-21-24-19(18-9-8-17(33-6)12-20(18)27-24)13-22(29(21)5)25(32)26-16(14-30)7-10-23(31)28(3)4/h8-9,12,14-16,21-22,27H,7,10-11,13H2,1-6H3,(H,26,32). The first kappa shape index (κ1) is 24.8. The Labute approximate surface area is 195 Å². The Kier molecular flexibility index (Phi) is 7.79. The first-order chi connectivity index (χ1) is 15.7. The number of nitrogens with one attached hydrogen (secondary N) is 2. The smallest absolute Gasteiger partial charge is 0.238 e. The van der Waals surface area contributed by atoms with Gasteiger partial charge in [-0.3, -0.25) is 14.5 Å². The van der Waals surface area contributed by atoms with E-state index >= 15 is 0 Å². The highest BCUT2D eigenvalue weighted by atomic mass is 16.5. The highest BCUT2D eigenvalue weighted by Crippen LogP contribution is 2.40. The predicted molar refractivity (Wildman–Crippen MR) is 128 cm³/mol. The lowest BCUT2D eigenvalue weighted by molar-refractivity contribution is -0.131. The Bertz CT molecular complexity index is 1010. The molecule has 3 atom stereocenters. The van der Waals surface area contributed by atoms with Crippen molar-refractivity contribution in [1.29, 1.82) is 0 Å². The topological polar surface area (TPSA) is 94.7 Å². The molecule has 0 saturated heterocycles. The quantitative estimate of drug-likeness (QED) is 0.566. The molecule has 33 heavy (non-hydrogen) atoms. The fourth-order valence-corrected chi connectivity index (χ4v) is 4.61. The van der Waals surface area contributed by atoms with Gasteiger partial charge in [-0.15, -0.1) is 0 Å². The van der Waals surface area contributed by atoms with Crippen LogP contribution in [-0.4, -0.2) is 73.2 Å². The highest BCUT2D eigenvalue weighted by molar-refractivity contribution is 5.90. The van der Waals surface area contributed by atoms with E-state index in [0.717, 1.165) is 40.6 Å². The first-order valence-corrected chi connectivity index (χ1v) is 11.5. The number of amides is 2. The van der Waals surface area contributed by atoms with E-state index < -0.39 is 12.1 Å². The van der Waals surface area contributed by atoms with Crippen LogP contribution in [0.15, 0.2) is 18.2 Å². The zero-order valence-corrected chi connectivity index (χ0v) is 20.5. The molecule has 0 aliphatic carbocycles. The van der Waals surface area contributed by atoms with E-state index in [1.54, 1.807) is 21.2 Å². The molecule has 0 spiro atoms. The van der Waals surface area contributed by atoms with Gasteiger partial charge in [0, 0.05) is 43.2 Å². The van der Waals surface area contributed by atoms with Crippen molar-refractivity contribution in [2.45, 2.75) is 57.7 Å². The van der Waals surface area contributed by atoms with Gasteiger partial charge in [-0.05, 0) is 49.9 Å². The molecule has 2 heterocycles. The van der Waals surface area contributed by atoms with Crippen LogP contribution < -0.4 is 10.1 Å². The van der Waals surface area contributed by atoms with Gasteiger partial charge < -0.3 is 24.7 Å². The molecule has 1 aromatic heterocycles. The molecule has 1 aliphatic rings. The molecular formula is C25H36N4O4. The van der Waals surface area contributed by atoms with E-state index in [4.69, 9.17) is 4.74 Å². The highest BCUT2D eigenvalue weighted by Gasteiger charge is 2.38. The molecule has 3 unspecified atom stereocenters. The van der Waals surface area contributed by atoms with Crippen LogP contribution in [0.1, 0.15) is 50.4 Å². The number of aldehydes is 1. The molecule has 2 amide bonds. The average Bonchev–Trinajstić information content (AvgIpc) is 3.14. The van der Waals surface area contributed by atoms with Gasteiger partial charge in [-0.1, -0.05) is 13.8 Å². The van der Waals surface area contributed by atoms with Gasteiger partial charge in [0.15, 0.2) is 0 Å². The number of aromatic nitrogens is 1. The maximum atomic E-state index is 13.3. The second-order valence-electron chi connectivity index (χ2n) is 9.54. The van der Waals surface area contributed by atoms with Gasteiger partial charge in [0.25, 0.3) is 0 Å². The number of hydrogen-bond acceptors (Lipinski definition) is 5. The minimum atomic E-state index is -0.688. The SMILES string of the molecule is COc1ccc2c3c([nH]c2c1)C(CC(C)C)N(C)C(C(=O)NC(C=O)CCC(=O)N(C)C)C3. The zero-order chi connectivity index (χ0) is 24.3. The van der Waals surface area contributed by atoms with E-state index in [2.05, 4.69) is 29.0 Å². The van der Waals surface area contributed by atoms with Gasteiger partial charge in [0.1, 0.15) is 12.0 Å². The number of rotatable bonds is 9. The van der Waals surface area contributed by atoms with Crippen molar-refractivity contribution in [1.82, 2.24) is 20.1 Å². The fourth-order valence-electron chi connectivity index (χ4n) is 4.61. The maximum absolute atomic E-state index is 13.3. The molecule has 0 fully saturated rings. The van der Waals surface area contributed by atoms with Crippen LogP contribution in [0.25, 0.3) is 10.9 Å². The summed E-state index contributed by atoms with van der Waals surface area (Å²) >= 11 is 0. The summed E-state index contributed by atoms with van der Waals surface area (Å²) in [7, 11) is 6.97. The predicted octanol–water partition coefficient (Wildman–Crippen LogP) is 2.67. The number of methoxy groups -OCH3 is 1. The van der Waals surface area contributed by atoms with Crippen molar-refractivity contribution in [3.05, 3.63) is 29.5 Å². The molecular weight excluding hydrogens is 420 g/mol. The van der Waals surface area contributed by atoms with Crippen LogP contribution in [0.2, 0.25) is 0 Å². The number of ether oxygens (including phenoxy) is 1. The largest absolute Gasteiger partial charge is 0.497 e. The van der Waals surface area contributed by atoms with E-state index in [1.807, 2.05) is 25.2 Å². The summed E-state index contributed by atoms with van der Waals surface area (Å²) in [6, 6.07) is 4.91. The average molecular weight is 457 g/mol. The summed E-state index contributed by atoms with van der Waals surface area (Å²) in [6.07, 6.45) is 2.66. The number of H-pyrrole nitrogens is 1. The zero-order valence-electron chi connectivity index (χ0n) is 20.5. The van der Waals surface area contributed by atoms with Crippen molar-refractivity contribution >= 4 is 29.0 Å². The fraction of sp³-hybridized carbons (Fsp3) is 0.560. The minimum Gasteiger partial charge on any atom is -0.497 e. The van der Waals surface area contributed by atoms with E-state index in [9.17, 15) is 14.4 Å². The number of benzene rings is 1. The molecule has 3 rings (SSSR count). The normalized spacial score (nSPS) is 19.2. The second kappa shape index (κ2) is 10.4. The number of fused-ring (bicyclic) bond motifs is 3. The molecule has 1 aliphatic heterocycles. The monoisotopic (exact) mass is 456 g/mol. The number of aromatic amines is 1. The molecule has 0 saturated carbocycles. The Morgan fingerprint density at radius 1 is 1.33 bits per heavy atom. The summed E-state index contributed by atoms with van der Waals surface area (Å²) in [5.41, 5.74) is 3.28. The summed E-state index contributed by atoms with van der Waals surface area (Å²) in [6.45, 7) is 4.35. The molecule has 0 radical (unpaired) electrons. The Morgan fingerprint density at radius 3 is 2.67 bits per heavy atom. The lowest BCUT2D eigenvalue weighted by atomic mass is 9.87. The molecule has 0 bridgehead atoms. The van der Waals surface area contributed by atoms with Crippen molar-refractivity contribution in [3.8, 4) is 5.75 Å². The van der Waals surface area contributed by atoms with E-state index in [1.165, 1.54) is 4.90 Å². The third-order valence-electron chi connectivity index (χ3n) is 6.52. The molecule has 8 heteroatoms. The second-order valence-corrected chi connectivity index (χ2v) is 9.54. The third kappa shape index (κ3) is 5.38. The van der Waals surface area contributed by atoms with Crippen LogP contribution in [0.3, 0.4) is 0 Å². The Balaban J connectivity index is 1.86. The van der Waals surface area contributed by atoms with Gasteiger partial charge in [-0.25, -0.2) is 0 Å². The van der Waals surface area contributed by atoms with Crippen molar-refractivity contribution in [2.24, 2.45) is 5.92 Å². The number of hydrogen-bond donors (Lipinski definition) is 2. The summed E-state index contributed by atoms with van der Waals surface area (Å²) in [4.78, 5) is 44.0. The van der Waals surface area contributed by atoms with Crippen LogP contribution in [-0.2, 0) is 20.8 Å². The Hall–Kier alpha value is -2.87. The van der Waals surface area contributed by atoms with E-state index in [0.29, 0.717) is 12.3 Å². The van der Waals surface area contributed by atoms with E-state index in [-0.39, 0.29) is 30.7 Å². The lowest BCUT2D eigenvalue weighted by Gasteiger charge is -2.39. The summed E-state index contributed by atoms with van der Waals surface area (Å²) in [5, 5.41) is 3.97. The third-order valence-corrected chi connectivity index (χ3v) is 6.52. The van der Waals surface area contributed by atoms with Crippen molar-refractivity contribution < 1.29 is 19.1 Å². The minimum absolute atomic E-state index is 0.0490. The lowest BCUT2D eigenvalue weighted by Crippen LogP contribution is -2.53. The number of likely N-dealkylation sites (N-methyl/N-ethyl adjacent to an activating group) is 1. The molecule has 1 aromatic carbocycles. The van der Waals surface area contributed by atoms with Crippen LogP contribution in [0.4, 0.5) is 0 Å². The number of carbonyl (C=O) groups excluding carboxylic acids is 3. The molecule has 8 nitrogen and oxygen atoms in total. The first-order valence-electron chi connectivity index (χ1n) is 11.5. The summed E-state index contributed by atoms with van der Waals surface area (Å²) in [5.74, 6) is 0.967. The summed E-state index contributed by atoms with van der Waals surface area (Å²) < 4.78 is 5.38. The van der Waals surface area contributed by atoms with Crippen LogP contribution in [0.5, 0.6) is 5.75 Å². The van der Waals surface area contributed by atoms with Gasteiger partial charge in [0.05, 0.1) is 25.2 Å². The molecule has 2 N–H and O–H groups in total. The Morgan fingerprint density at radius 2 is 2.06 bits per heavy atom.